The first-order valence-electron chi connectivity index (χ1n) is 5.72. The van der Waals surface area contributed by atoms with Crippen molar-refractivity contribution in [3.8, 4) is 0 Å². The number of aliphatic hydroxyl groups excluding tert-OH is 1. The predicted octanol–water partition coefficient (Wildman–Crippen LogP) is 2.52. The van der Waals surface area contributed by atoms with Crippen molar-refractivity contribution in [1.29, 1.82) is 0 Å². The summed E-state index contributed by atoms with van der Waals surface area (Å²) in [6.07, 6.45) is -0.577. The van der Waals surface area contributed by atoms with E-state index in [-0.39, 0.29) is 18.1 Å². The summed E-state index contributed by atoms with van der Waals surface area (Å²) in [5.41, 5.74) is 1.12. The zero-order valence-corrected chi connectivity index (χ0v) is 11.1. The van der Waals surface area contributed by atoms with Crippen LogP contribution in [0.25, 0.3) is 0 Å². The van der Waals surface area contributed by atoms with Gasteiger partial charge in [-0.25, -0.2) is 9.37 Å². The number of anilines is 1. The Morgan fingerprint density at radius 2 is 2.37 bits per heavy atom. The molecule has 2 N–H and O–H groups in total. The lowest BCUT2D eigenvalue weighted by Crippen LogP contribution is -2.14. The van der Waals surface area contributed by atoms with Gasteiger partial charge in [0.25, 0.3) is 0 Å². The van der Waals surface area contributed by atoms with Gasteiger partial charge in [-0.2, -0.15) is 0 Å². The summed E-state index contributed by atoms with van der Waals surface area (Å²) in [6, 6.07) is 5.90. The molecule has 1 amide bonds. The summed E-state index contributed by atoms with van der Waals surface area (Å²) >= 11 is 1.24. The second kappa shape index (κ2) is 5.90. The second-order valence-electron chi connectivity index (χ2n) is 4.11. The van der Waals surface area contributed by atoms with Crippen LogP contribution in [-0.2, 0) is 11.2 Å². The quantitative estimate of drug-likeness (QED) is 0.904. The number of amides is 1. The van der Waals surface area contributed by atoms with Crippen molar-refractivity contribution >= 4 is 22.4 Å². The predicted molar refractivity (Wildman–Crippen MR) is 71.5 cm³/mol. The number of nitrogens with one attached hydrogen (secondary N) is 1. The van der Waals surface area contributed by atoms with E-state index in [4.69, 9.17) is 0 Å². The topological polar surface area (TPSA) is 62.2 Å². The molecule has 0 radical (unpaired) electrons. The Morgan fingerprint density at radius 1 is 1.58 bits per heavy atom. The van der Waals surface area contributed by atoms with Gasteiger partial charge in [0.2, 0.25) is 5.91 Å². The molecule has 1 unspecified atom stereocenters. The number of halogens is 1. The zero-order chi connectivity index (χ0) is 13.8. The molecule has 19 heavy (non-hydrogen) atoms. The van der Waals surface area contributed by atoms with E-state index in [0.29, 0.717) is 16.4 Å². The Morgan fingerprint density at radius 3 is 3.00 bits per heavy atom. The molecule has 0 aliphatic heterocycles. The number of nitrogens with zero attached hydrogens (tertiary/aromatic N) is 1. The van der Waals surface area contributed by atoms with Gasteiger partial charge in [0.15, 0.2) is 5.13 Å². The normalized spacial score (nSPS) is 12.2. The number of benzene rings is 1. The molecule has 4 nitrogen and oxygen atoms in total. The molecule has 0 saturated heterocycles. The SMILES string of the molecule is CC(O)c1csc(NC(=O)Cc2cccc(F)c2)n1. The van der Waals surface area contributed by atoms with Crippen molar-refractivity contribution in [2.45, 2.75) is 19.4 Å². The van der Waals surface area contributed by atoms with Crippen LogP contribution in [0.4, 0.5) is 9.52 Å². The van der Waals surface area contributed by atoms with Gasteiger partial charge in [-0.1, -0.05) is 12.1 Å². The highest BCUT2D eigenvalue weighted by atomic mass is 32.1. The van der Waals surface area contributed by atoms with Crippen molar-refractivity contribution in [3.05, 3.63) is 46.7 Å². The van der Waals surface area contributed by atoms with Crippen LogP contribution in [0, 0.1) is 5.82 Å². The first kappa shape index (κ1) is 13.6. The van der Waals surface area contributed by atoms with Crippen LogP contribution in [0.5, 0.6) is 0 Å². The minimum atomic E-state index is -0.662. The van der Waals surface area contributed by atoms with Gasteiger partial charge in [-0.05, 0) is 24.6 Å². The Balaban J connectivity index is 1.97. The molecular formula is C13H13FN2O2S. The van der Waals surface area contributed by atoms with E-state index in [1.54, 1.807) is 24.4 Å². The number of aliphatic hydroxyl groups is 1. The highest BCUT2D eigenvalue weighted by Gasteiger charge is 2.10. The molecule has 6 heteroatoms. The lowest BCUT2D eigenvalue weighted by Gasteiger charge is -2.02. The minimum absolute atomic E-state index is 0.0847. The molecule has 1 aromatic carbocycles. The standard InChI is InChI=1S/C13H13FN2O2S/c1-8(17)11-7-19-13(15-11)16-12(18)6-9-3-2-4-10(14)5-9/h2-5,7-8,17H,6H2,1H3,(H,15,16,18). The van der Waals surface area contributed by atoms with E-state index in [1.165, 1.54) is 23.5 Å². The Bertz CT molecular complexity index is 584. The number of aromatic nitrogens is 1. The second-order valence-corrected chi connectivity index (χ2v) is 4.97. The lowest BCUT2D eigenvalue weighted by atomic mass is 10.1. The molecule has 2 rings (SSSR count). The van der Waals surface area contributed by atoms with Crippen molar-refractivity contribution in [3.63, 3.8) is 0 Å². The van der Waals surface area contributed by atoms with Gasteiger partial charge in [-0.3, -0.25) is 4.79 Å². The highest BCUT2D eigenvalue weighted by Crippen LogP contribution is 2.20. The third kappa shape index (κ3) is 3.84. The largest absolute Gasteiger partial charge is 0.387 e. The molecule has 0 aliphatic carbocycles. The van der Waals surface area contributed by atoms with Crippen molar-refractivity contribution in [2.75, 3.05) is 5.32 Å². The number of carbonyl (C=O) groups is 1. The van der Waals surface area contributed by atoms with Crippen LogP contribution in [0.15, 0.2) is 29.6 Å². The molecule has 2 aromatic rings. The van der Waals surface area contributed by atoms with E-state index in [1.807, 2.05) is 0 Å². The molecule has 0 saturated carbocycles. The first-order chi connectivity index (χ1) is 9.04. The summed E-state index contributed by atoms with van der Waals surface area (Å²) in [4.78, 5) is 15.8. The summed E-state index contributed by atoms with van der Waals surface area (Å²) in [5, 5.41) is 14.1. The number of hydrogen-bond donors (Lipinski definition) is 2. The molecule has 0 spiro atoms. The molecule has 0 bridgehead atoms. The summed E-state index contributed by atoms with van der Waals surface area (Å²) in [6.45, 7) is 1.60. The van der Waals surface area contributed by atoms with Gasteiger partial charge >= 0.3 is 0 Å². The maximum atomic E-state index is 13.0. The Labute approximate surface area is 113 Å². The lowest BCUT2D eigenvalue weighted by molar-refractivity contribution is -0.115. The molecular weight excluding hydrogens is 267 g/mol. The summed E-state index contributed by atoms with van der Waals surface area (Å²) < 4.78 is 13.0. The van der Waals surface area contributed by atoms with Crippen LogP contribution in [0.1, 0.15) is 24.3 Å². The van der Waals surface area contributed by atoms with Crippen LogP contribution in [0.2, 0.25) is 0 Å². The smallest absolute Gasteiger partial charge is 0.230 e. The van der Waals surface area contributed by atoms with Gasteiger partial charge in [0.05, 0.1) is 18.2 Å². The fraction of sp³-hybridized carbons (Fsp3) is 0.231. The third-order valence-corrected chi connectivity index (χ3v) is 3.23. The van der Waals surface area contributed by atoms with Crippen molar-refractivity contribution in [2.24, 2.45) is 0 Å². The maximum absolute atomic E-state index is 13.0. The van der Waals surface area contributed by atoms with Crippen LogP contribution >= 0.6 is 11.3 Å². The Hall–Kier alpha value is -1.79. The fourth-order valence-corrected chi connectivity index (χ4v) is 2.34. The van der Waals surface area contributed by atoms with E-state index >= 15 is 0 Å². The molecule has 1 aromatic heterocycles. The van der Waals surface area contributed by atoms with Gasteiger partial charge in [0, 0.05) is 5.38 Å². The van der Waals surface area contributed by atoms with E-state index in [2.05, 4.69) is 10.3 Å². The zero-order valence-electron chi connectivity index (χ0n) is 10.3. The average Bonchev–Trinajstić information content (AvgIpc) is 2.77. The van der Waals surface area contributed by atoms with Crippen molar-refractivity contribution < 1.29 is 14.3 Å². The van der Waals surface area contributed by atoms with E-state index < -0.39 is 6.10 Å². The third-order valence-electron chi connectivity index (χ3n) is 2.45. The van der Waals surface area contributed by atoms with E-state index in [0.717, 1.165) is 0 Å². The first-order valence-corrected chi connectivity index (χ1v) is 6.60. The van der Waals surface area contributed by atoms with E-state index in [9.17, 15) is 14.3 Å². The molecule has 1 atom stereocenters. The van der Waals surface area contributed by atoms with Crippen LogP contribution < -0.4 is 5.32 Å². The summed E-state index contributed by atoms with van der Waals surface area (Å²) in [7, 11) is 0. The average molecular weight is 280 g/mol. The molecule has 0 fully saturated rings. The number of thiazole rings is 1. The van der Waals surface area contributed by atoms with Crippen LogP contribution in [-0.4, -0.2) is 16.0 Å². The minimum Gasteiger partial charge on any atom is -0.387 e. The monoisotopic (exact) mass is 280 g/mol. The number of rotatable bonds is 4. The molecule has 100 valence electrons. The Kier molecular flexibility index (Phi) is 4.24. The van der Waals surface area contributed by atoms with Gasteiger partial charge in [0.1, 0.15) is 5.82 Å². The maximum Gasteiger partial charge on any atom is 0.230 e. The number of carbonyl (C=O) groups excluding carboxylic acids is 1. The molecule has 0 aliphatic rings. The fourth-order valence-electron chi connectivity index (χ4n) is 1.53. The van der Waals surface area contributed by atoms with Crippen molar-refractivity contribution in [1.82, 2.24) is 4.98 Å². The molecule has 1 heterocycles. The van der Waals surface area contributed by atoms with Crippen LogP contribution in [0.3, 0.4) is 0 Å². The highest BCUT2D eigenvalue weighted by molar-refractivity contribution is 7.13. The summed E-state index contributed by atoms with van der Waals surface area (Å²) in [5.74, 6) is -0.631. The number of hydrogen-bond acceptors (Lipinski definition) is 4. The van der Waals surface area contributed by atoms with Gasteiger partial charge in [-0.15, -0.1) is 11.3 Å². The van der Waals surface area contributed by atoms with Gasteiger partial charge < -0.3 is 10.4 Å².